The maximum absolute atomic E-state index is 12.4. The Morgan fingerprint density at radius 2 is 2.15 bits per heavy atom. The monoisotopic (exact) mass is 269 g/mol. The minimum Gasteiger partial charge on any atom is -0.370 e. The van der Waals surface area contributed by atoms with E-state index in [1.807, 2.05) is 37.3 Å². The van der Waals surface area contributed by atoms with E-state index in [0.717, 1.165) is 29.8 Å². The van der Waals surface area contributed by atoms with Crippen LogP contribution in [-0.2, 0) is 0 Å². The van der Waals surface area contributed by atoms with E-state index in [0.29, 0.717) is 11.5 Å². The molecule has 2 aromatic rings. The highest BCUT2D eigenvalue weighted by Crippen LogP contribution is 2.28. The molecule has 1 amide bonds. The first-order valence-corrected chi connectivity index (χ1v) is 7.19. The summed E-state index contributed by atoms with van der Waals surface area (Å²) in [7, 11) is 0. The standard InChI is InChI=1S/C16H19N3O/c1-2-17-15-9-13(16(20)18-10-11-7-8-11)12-5-3-4-6-14(12)19-15/h3-6,9,11H,2,7-8,10H2,1H3,(H,17,19)(H,18,20). The SMILES string of the molecule is CCNc1cc(C(=O)NCC2CC2)c2ccccc2n1. The van der Waals surface area contributed by atoms with Gasteiger partial charge in [0.1, 0.15) is 5.82 Å². The summed E-state index contributed by atoms with van der Waals surface area (Å²) in [5, 5.41) is 7.11. The van der Waals surface area contributed by atoms with Gasteiger partial charge >= 0.3 is 0 Å². The molecule has 1 aromatic heterocycles. The normalized spacial score (nSPS) is 14.2. The molecule has 0 aliphatic heterocycles. The zero-order valence-corrected chi connectivity index (χ0v) is 11.6. The van der Waals surface area contributed by atoms with Crippen LogP contribution in [0.3, 0.4) is 0 Å². The summed E-state index contributed by atoms with van der Waals surface area (Å²) < 4.78 is 0. The van der Waals surface area contributed by atoms with Gasteiger partial charge in [-0.05, 0) is 37.8 Å². The number of nitrogens with one attached hydrogen (secondary N) is 2. The van der Waals surface area contributed by atoms with Crippen molar-refractivity contribution in [1.29, 1.82) is 0 Å². The molecule has 0 bridgehead atoms. The van der Waals surface area contributed by atoms with Gasteiger partial charge in [0.2, 0.25) is 0 Å². The highest BCUT2D eigenvalue weighted by Gasteiger charge is 2.22. The average molecular weight is 269 g/mol. The smallest absolute Gasteiger partial charge is 0.252 e. The number of para-hydroxylation sites is 1. The number of amides is 1. The first-order chi connectivity index (χ1) is 9.78. The summed E-state index contributed by atoms with van der Waals surface area (Å²) in [6, 6.07) is 9.61. The van der Waals surface area contributed by atoms with Gasteiger partial charge in [0.15, 0.2) is 0 Å². The van der Waals surface area contributed by atoms with E-state index >= 15 is 0 Å². The summed E-state index contributed by atoms with van der Waals surface area (Å²) in [5.41, 5.74) is 1.55. The third kappa shape index (κ3) is 2.74. The van der Waals surface area contributed by atoms with E-state index in [-0.39, 0.29) is 5.91 Å². The molecule has 1 aliphatic carbocycles. The Kier molecular flexibility index (Phi) is 3.54. The lowest BCUT2D eigenvalue weighted by Gasteiger charge is -2.10. The van der Waals surface area contributed by atoms with E-state index in [4.69, 9.17) is 0 Å². The van der Waals surface area contributed by atoms with Crippen LogP contribution in [-0.4, -0.2) is 24.0 Å². The Morgan fingerprint density at radius 1 is 1.35 bits per heavy atom. The number of anilines is 1. The van der Waals surface area contributed by atoms with Crippen LogP contribution in [0.15, 0.2) is 30.3 Å². The third-order valence-electron chi connectivity index (χ3n) is 3.57. The van der Waals surface area contributed by atoms with Gasteiger partial charge in [-0.25, -0.2) is 4.98 Å². The fourth-order valence-electron chi connectivity index (χ4n) is 2.29. The van der Waals surface area contributed by atoms with Crippen LogP contribution in [0.25, 0.3) is 10.9 Å². The lowest BCUT2D eigenvalue weighted by atomic mass is 10.1. The molecule has 1 aromatic carbocycles. The van der Waals surface area contributed by atoms with Crippen LogP contribution in [0.4, 0.5) is 5.82 Å². The molecule has 0 radical (unpaired) electrons. The predicted octanol–water partition coefficient (Wildman–Crippen LogP) is 2.81. The molecule has 20 heavy (non-hydrogen) atoms. The molecule has 2 N–H and O–H groups in total. The molecule has 0 atom stereocenters. The number of nitrogens with zero attached hydrogens (tertiary/aromatic N) is 1. The predicted molar refractivity (Wildman–Crippen MR) is 81.0 cm³/mol. The maximum atomic E-state index is 12.4. The number of pyridine rings is 1. The fraction of sp³-hybridized carbons (Fsp3) is 0.375. The second-order valence-electron chi connectivity index (χ2n) is 5.26. The molecule has 1 saturated carbocycles. The molecule has 0 spiro atoms. The Labute approximate surface area is 118 Å². The topological polar surface area (TPSA) is 54.0 Å². The van der Waals surface area contributed by atoms with Crippen LogP contribution >= 0.6 is 0 Å². The highest BCUT2D eigenvalue weighted by atomic mass is 16.1. The van der Waals surface area contributed by atoms with Crippen LogP contribution in [0.2, 0.25) is 0 Å². The summed E-state index contributed by atoms with van der Waals surface area (Å²) in [6.07, 6.45) is 2.47. The summed E-state index contributed by atoms with van der Waals surface area (Å²) in [4.78, 5) is 16.9. The average Bonchev–Trinajstić information content (AvgIpc) is 3.28. The van der Waals surface area contributed by atoms with Crippen molar-refractivity contribution in [3.05, 3.63) is 35.9 Å². The highest BCUT2D eigenvalue weighted by molar-refractivity contribution is 6.06. The molecular formula is C16H19N3O. The third-order valence-corrected chi connectivity index (χ3v) is 3.57. The number of fused-ring (bicyclic) bond motifs is 1. The van der Waals surface area contributed by atoms with Gasteiger partial charge in [-0.15, -0.1) is 0 Å². The number of carbonyl (C=O) groups excluding carboxylic acids is 1. The van der Waals surface area contributed by atoms with E-state index in [9.17, 15) is 4.79 Å². The van der Waals surface area contributed by atoms with Crippen molar-refractivity contribution in [2.24, 2.45) is 5.92 Å². The van der Waals surface area contributed by atoms with Crippen molar-refractivity contribution in [2.75, 3.05) is 18.4 Å². The lowest BCUT2D eigenvalue weighted by Crippen LogP contribution is -2.26. The molecule has 0 saturated heterocycles. The van der Waals surface area contributed by atoms with E-state index in [1.54, 1.807) is 0 Å². The minimum absolute atomic E-state index is 0.00495. The number of carbonyl (C=O) groups is 1. The van der Waals surface area contributed by atoms with Gasteiger partial charge in [0, 0.05) is 18.5 Å². The van der Waals surface area contributed by atoms with Gasteiger partial charge in [-0.3, -0.25) is 4.79 Å². The maximum Gasteiger partial charge on any atom is 0.252 e. The molecule has 1 fully saturated rings. The van der Waals surface area contributed by atoms with E-state index < -0.39 is 0 Å². The Balaban J connectivity index is 1.94. The fourth-order valence-corrected chi connectivity index (χ4v) is 2.29. The quantitative estimate of drug-likeness (QED) is 0.877. The number of benzene rings is 1. The molecule has 1 heterocycles. The summed E-state index contributed by atoms with van der Waals surface area (Å²) in [5.74, 6) is 1.43. The van der Waals surface area contributed by atoms with Gasteiger partial charge in [0.25, 0.3) is 5.91 Å². The lowest BCUT2D eigenvalue weighted by molar-refractivity contribution is 0.0953. The van der Waals surface area contributed by atoms with Gasteiger partial charge < -0.3 is 10.6 Å². The first-order valence-electron chi connectivity index (χ1n) is 7.19. The Morgan fingerprint density at radius 3 is 2.90 bits per heavy atom. The zero-order chi connectivity index (χ0) is 13.9. The number of rotatable bonds is 5. The summed E-state index contributed by atoms with van der Waals surface area (Å²) in [6.45, 7) is 3.59. The van der Waals surface area contributed by atoms with Crippen molar-refractivity contribution in [2.45, 2.75) is 19.8 Å². The molecule has 4 nitrogen and oxygen atoms in total. The first kappa shape index (κ1) is 12.9. The van der Waals surface area contributed by atoms with Crippen LogP contribution < -0.4 is 10.6 Å². The van der Waals surface area contributed by atoms with Crippen LogP contribution in [0.1, 0.15) is 30.1 Å². The number of hydrogen-bond acceptors (Lipinski definition) is 3. The molecule has 3 rings (SSSR count). The van der Waals surface area contributed by atoms with Crippen molar-refractivity contribution in [3.63, 3.8) is 0 Å². The Bertz CT molecular complexity index is 635. The number of hydrogen-bond donors (Lipinski definition) is 2. The second kappa shape index (κ2) is 5.49. The molecule has 1 aliphatic rings. The minimum atomic E-state index is -0.00495. The van der Waals surface area contributed by atoms with Gasteiger partial charge in [-0.2, -0.15) is 0 Å². The van der Waals surface area contributed by atoms with Gasteiger partial charge in [0.05, 0.1) is 11.1 Å². The Hall–Kier alpha value is -2.10. The van der Waals surface area contributed by atoms with Crippen molar-refractivity contribution < 1.29 is 4.79 Å². The van der Waals surface area contributed by atoms with E-state index in [2.05, 4.69) is 15.6 Å². The van der Waals surface area contributed by atoms with E-state index in [1.165, 1.54) is 12.8 Å². The van der Waals surface area contributed by atoms with Crippen LogP contribution in [0.5, 0.6) is 0 Å². The summed E-state index contributed by atoms with van der Waals surface area (Å²) >= 11 is 0. The largest absolute Gasteiger partial charge is 0.370 e. The zero-order valence-electron chi connectivity index (χ0n) is 11.6. The van der Waals surface area contributed by atoms with Crippen molar-refractivity contribution >= 4 is 22.6 Å². The second-order valence-corrected chi connectivity index (χ2v) is 5.26. The number of aromatic nitrogens is 1. The van der Waals surface area contributed by atoms with Crippen molar-refractivity contribution in [3.8, 4) is 0 Å². The molecule has 0 unspecified atom stereocenters. The molecule has 104 valence electrons. The molecule has 4 heteroatoms. The molecular weight excluding hydrogens is 250 g/mol. The van der Waals surface area contributed by atoms with Crippen molar-refractivity contribution in [1.82, 2.24) is 10.3 Å². The van der Waals surface area contributed by atoms with Crippen LogP contribution in [0, 0.1) is 5.92 Å². The van der Waals surface area contributed by atoms with Gasteiger partial charge in [-0.1, -0.05) is 18.2 Å².